The van der Waals surface area contributed by atoms with E-state index < -0.39 is 0 Å². The van der Waals surface area contributed by atoms with Gasteiger partial charge in [-0.2, -0.15) is 0 Å². The van der Waals surface area contributed by atoms with E-state index in [4.69, 9.17) is 4.74 Å². The van der Waals surface area contributed by atoms with Gasteiger partial charge in [0.1, 0.15) is 6.04 Å². The zero-order valence-corrected chi connectivity index (χ0v) is 9.25. The molecular weight excluding hydrogens is 180 g/mol. The number of methoxy groups -OCH3 is 1. The summed E-state index contributed by atoms with van der Waals surface area (Å²) in [6.07, 6.45) is 2.68. The summed E-state index contributed by atoms with van der Waals surface area (Å²) in [6.45, 7) is 1.81. The largest absolute Gasteiger partial charge is 0.468 e. The quantitative estimate of drug-likeness (QED) is 0.617. The highest BCUT2D eigenvalue weighted by atomic mass is 16.5. The van der Waals surface area contributed by atoms with Crippen molar-refractivity contribution in [2.75, 3.05) is 34.3 Å². The van der Waals surface area contributed by atoms with Gasteiger partial charge in [-0.25, -0.2) is 0 Å². The average molecular weight is 200 g/mol. The Labute approximate surface area is 85.6 Å². The van der Waals surface area contributed by atoms with E-state index in [-0.39, 0.29) is 12.0 Å². The van der Waals surface area contributed by atoms with Crippen LogP contribution in [0.2, 0.25) is 0 Å². The Hall–Kier alpha value is -0.610. The second-order valence-corrected chi connectivity index (χ2v) is 4.03. The Balaban J connectivity index is 2.26. The molecular formula is C10H20N2O2. The van der Waals surface area contributed by atoms with Crippen LogP contribution in [0, 0.1) is 5.92 Å². The molecule has 0 aromatic carbocycles. The van der Waals surface area contributed by atoms with Crippen molar-refractivity contribution in [3.05, 3.63) is 0 Å². The molecule has 1 saturated carbocycles. The Kier molecular flexibility index (Phi) is 4.35. The van der Waals surface area contributed by atoms with Crippen LogP contribution in [0.25, 0.3) is 0 Å². The van der Waals surface area contributed by atoms with Crippen LogP contribution in [-0.4, -0.2) is 51.2 Å². The van der Waals surface area contributed by atoms with Gasteiger partial charge in [-0.15, -0.1) is 0 Å². The van der Waals surface area contributed by atoms with Crippen molar-refractivity contribution in [2.45, 2.75) is 18.9 Å². The standard InChI is InChI=1S/C10H20N2O2/c1-11-9(10(13)14-3)7-12(2)6-8-4-5-8/h8-9,11H,4-7H2,1-3H3. The SMILES string of the molecule is CNC(CN(C)CC1CC1)C(=O)OC. The minimum Gasteiger partial charge on any atom is -0.468 e. The third kappa shape index (κ3) is 3.64. The smallest absolute Gasteiger partial charge is 0.324 e. The summed E-state index contributed by atoms with van der Waals surface area (Å²) in [6, 6.07) is -0.205. The fourth-order valence-electron chi connectivity index (χ4n) is 1.55. The number of carbonyl (C=O) groups is 1. The Morgan fingerprint density at radius 2 is 2.29 bits per heavy atom. The summed E-state index contributed by atoms with van der Waals surface area (Å²) in [4.78, 5) is 13.5. The molecule has 1 fully saturated rings. The van der Waals surface area contributed by atoms with Gasteiger partial charge in [-0.3, -0.25) is 4.79 Å². The second-order valence-electron chi connectivity index (χ2n) is 4.03. The highest BCUT2D eigenvalue weighted by Gasteiger charge is 2.25. The number of likely N-dealkylation sites (N-methyl/N-ethyl adjacent to an activating group) is 2. The lowest BCUT2D eigenvalue weighted by molar-refractivity contribution is -0.143. The monoisotopic (exact) mass is 200 g/mol. The molecule has 0 aliphatic heterocycles. The van der Waals surface area contributed by atoms with Crippen LogP contribution in [0.1, 0.15) is 12.8 Å². The molecule has 4 heteroatoms. The van der Waals surface area contributed by atoms with Crippen LogP contribution in [0.5, 0.6) is 0 Å². The van der Waals surface area contributed by atoms with Crippen molar-refractivity contribution in [3.63, 3.8) is 0 Å². The fraction of sp³-hybridized carbons (Fsp3) is 0.900. The topological polar surface area (TPSA) is 41.6 Å². The lowest BCUT2D eigenvalue weighted by Crippen LogP contribution is -2.44. The molecule has 0 saturated heterocycles. The maximum atomic E-state index is 11.3. The van der Waals surface area contributed by atoms with Crippen LogP contribution in [-0.2, 0) is 9.53 Å². The molecule has 0 heterocycles. The van der Waals surface area contributed by atoms with Crippen molar-refractivity contribution < 1.29 is 9.53 Å². The van der Waals surface area contributed by atoms with E-state index in [1.54, 1.807) is 7.05 Å². The van der Waals surface area contributed by atoms with Gasteiger partial charge < -0.3 is 15.0 Å². The Morgan fingerprint density at radius 3 is 2.71 bits per heavy atom. The van der Waals surface area contributed by atoms with Crippen molar-refractivity contribution in [1.29, 1.82) is 0 Å². The number of nitrogens with one attached hydrogen (secondary N) is 1. The number of rotatable bonds is 6. The van der Waals surface area contributed by atoms with Crippen LogP contribution in [0.3, 0.4) is 0 Å². The average Bonchev–Trinajstić information content (AvgIpc) is 2.96. The lowest BCUT2D eigenvalue weighted by atomic mass is 10.2. The van der Waals surface area contributed by atoms with Crippen LogP contribution in [0.15, 0.2) is 0 Å². The Morgan fingerprint density at radius 1 is 1.64 bits per heavy atom. The first-order chi connectivity index (χ1) is 6.67. The van der Waals surface area contributed by atoms with Gasteiger partial charge in [0.25, 0.3) is 0 Å². The molecule has 0 aromatic heterocycles. The van der Waals surface area contributed by atoms with Gasteiger partial charge in [-0.1, -0.05) is 0 Å². The molecule has 0 amide bonds. The van der Waals surface area contributed by atoms with E-state index in [9.17, 15) is 4.79 Å². The van der Waals surface area contributed by atoms with E-state index >= 15 is 0 Å². The first-order valence-corrected chi connectivity index (χ1v) is 5.11. The van der Waals surface area contributed by atoms with Crippen LogP contribution >= 0.6 is 0 Å². The summed E-state index contributed by atoms with van der Waals surface area (Å²) in [5, 5.41) is 2.96. The van der Waals surface area contributed by atoms with Gasteiger partial charge >= 0.3 is 5.97 Å². The predicted octanol–water partition coefficient (Wildman–Crippen LogP) is 0.0892. The Bertz CT molecular complexity index is 193. The van der Waals surface area contributed by atoms with Crippen LogP contribution in [0.4, 0.5) is 0 Å². The number of hydrogen-bond donors (Lipinski definition) is 1. The van der Waals surface area contributed by atoms with E-state index in [0.717, 1.165) is 19.0 Å². The molecule has 0 radical (unpaired) electrons. The number of carbonyl (C=O) groups excluding carboxylic acids is 1. The minimum absolute atomic E-state index is 0.185. The van der Waals surface area contributed by atoms with Crippen molar-refractivity contribution in [2.24, 2.45) is 5.92 Å². The summed E-state index contributed by atoms with van der Waals surface area (Å²) in [5.74, 6) is 0.672. The van der Waals surface area contributed by atoms with Gasteiger partial charge in [-0.05, 0) is 32.9 Å². The van der Waals surface area contributed by atoms with Gasteiger partial charge in [0.05, 0.1) is 7.11 Å². The molecule has 0 bridgehead atoms. The van der Waals surface area contributed by atoms with Crippen molar-refractivity contribution in [1.82, 2.24) is 10.2 Å². The molecule has 0 spiro atoms. The molecule has 1 N–H and O–H groups in total. The maximum Gasteiger partial charge on any atom is 0.324 e. The predicted molar refractivity (Wildman–Crippen MR) is 55.1 cm³/mol. The lowest BCUT2D eigenvalue weighted by Gasteiger charge is -2.21. The molecule has 4 nitrogen and oxygen atoms in total. The zero-order chi connectivity index (χ0) is 10.6. The highest BCUT2D eigenvalue weighted by molar-refractivity contribution is 5.75. The molecule has 1 unspecified atom stereocenters. The number of ether oxygens (including phenoxy) is 1. The second kappa shape index (κ2) is 5.32. The highest BCUT2D eigenvalue weighted by Crippen LogP contribution is 2.29. The van der Waals surface area contributed by atoms with E-state index in [0.29, 0.717) is 0 Å². The molecule has 1 rings (SSSR count). The molecule has 1 atom stereocenters. The molecule has 0 aromatic rings. The normalized spacial score (nSPS) is 18.3. The van der Waals surface area contributed by atoms with E-state index in [1.165, 1.54) is 20.0 Å². The number of esters is 1. The molecule has 82 valence electrons. The third-order valence-corrected chi connectivity index (χ3v) is 2.60. The molecule has 1 aliphatic carbocycles. The first kappa shape index (κ1) is 11.5. The van der Waals surface area contributed by atoms with E-state index in [1.807, 2.05) is 7.05 Å². The minimum atomic E-state index is -0.205. The zero-order valence-electron chi connectivity index (χ0n) is 9.25. The van der Waals surface area contributed by atoms with E-state index in [2.05, 4.69) is 10.2 Å². The summed E-state index contributed by atoms with van der Waals surface area (Å²) in [5.41, 5.74) is 0. The maximum absolute atomic E-state index is 11.3. The fourth-order valence-corrected chi connectivity index (χ4v) is 1.55. The number of nitrogens with zero attached hydrogens (tertiary/aromatic N) is 1. The van der Waals surface area contributed by atoms with Gasteiger partial charge in [0, 0.05) is 13.1 Å². The third-order valence-electron chi connectivity index (χ3n) is 2.60. The summed E-state index contributed by atoms with van der Waals surface area (Å²) >= 11 is 0. The van der Waals surface area contributed by atoms with Crippen molar-refractivity contribution in [3.8, 4) is 0 Å². The van der Waals surface area contributed by atoms with Crippen molar-refractivity contribution >= 4 is 5.97 Å². The number of hydrogen-bond acceptors (Lipinski definition) is 4. The summed E-state index contributed by atoms with van der Waals surface area (Å²) < 4.78 is 4.70. The molecule has 14 heavy (non-hydrogen) atoms. The summed E-state index contributed by atoms with van der Waals surface area (Å²) in [7, 11) is 5.26. The molecule has 1 aliphatic rings. The van der Waals surface area contributed by atoms with Gasteiger partial charge in [0.2, 0.25) is 0 Å². The first-order valence-electron chi connectivity index (χ1n) is 5.11. The van der Waals surface area contributed by atoms with Gasteiger partial charge in [0.15, 0.2) is 0 Å². The van der Waals surface area contributed by atoms with Crippen LogP contribution < -0.4 is 5.32 Å².